The molecule has 2 aromatic heterocycles. The third-order valence-electron chi connectivity index (χ3n) is 4.00. The van der Waals surface area contributed by atoms with Crippen LogP contribution in [0.15, 0.2) is 12.3 Å². The van der Waals surface area contributed by atoms with Crippen molar-refractivity contribution >= 4 is 34.1 Å². The van der Waals surface area contributed by atoms with E-state index in [1.54, 1.807) is 0 Å². The van der Waals surface area contributed by atoms with Gasteiger partial charge in [0, 0.05) is 12.1 Å². The molecule has 3 rings (SSSR count). The van der Waals surface area contributed by atoms with E-state index in [1.165, 1.54) is 17.7 Å². The molecule has 0 unspecified atom stereocenters. The number of rotatable bonds is 5. The first-order valence-electron chi connectivity index (χ1n) is 7.90. The number of primary amides is 1. The molecular weight excluding hydrogens is 326 g/mol. The molecule has 0 bridgehead atoms. The summed E-state index contributed by atoms with van der Waals surface area (Å²) in [4.78, 5) is 20.2. The van der Waals surface area contributed by atoms with Crippen LogP contribution >= 0.6 is 11.5 Å². The zero-order chi connectivity index (χ0) is 17.1. The molecule has 0 aromatic carbocycles. The summed E-state index contributed by atoms with van der Waals surface area (Å²) >= 11 is 1.29. The highest BCUT2D eigenvalue weighted by Gasteiger charge is 2.20. The van der Waals surface area contributed by atoms with Gasteiger partial charge in [-0.05, 0) is 50.2 Å². The first-order chi connectivity index (χ1) is 11.5. The molecule has 6 N–H and O–H groups in total. The van der Waals surface area contributed by atoms with Crippen molar-refractivity contribution in [3.05, 3.63) is 23.7 Å². The monoisotopic (exact) mass is 347 g/mol. The van der Waals surface area contributed by atoms with E-state index in [9.17, 15) is 4.79 Å². The van der Waals surface area contributed by atoms with Gasteiger partial charge in [-0.2, -0.15) is 4.37 Å². The molecule has 128 valence electrons. The number of hydrogen-bond donors (Lipinski definition) is 4. The zero-order valence-electron chi connectivity index (χ0n) is 13.5. The molecule has 8 nitrogen and oxygen atoms in total. The third-order valence-corrected chi connectivity index (χ3v) is 4.80. The van der Waals surface area contributed by atoms with Gasteiger partial charge in [0.15, 0.2) is 11.5 Å². The number of amides is 1. The number of carbonyl (C=O) groups is 1. The van der Waals surface area contributed by atoms with E-state index in [0.717, 1.165) is 36.4 Å². The summed E-state index contributed by atoms with van der Waals surface area (Å²) in [7, 11) is 0. The Labute approximate surface area is 144 Å². The zero-order valence-corrected chi connectivity index (χ0v) is 14.3. The lowest BCUT2D eigenvalue weighted by Gasteiger charge is -2.27. The van der Waals surface area contributed by atoms with Crippen molar-refractivity contribution in [3.63, 3.8) is 0 Å². The van der Waals surface area contributed by atoms with Crippen LogP contribution in [-0.2, 0) is 0 Å². The van der Waals surface area contributed by atoms with Crippen LogP contribution in [0, 0.1) is 6.92 Å². The highest BCUT2D eigenvalue weighted by Crippen LogP contribution is 2.25. The molecule has 2 heterocycles. The number of nitrogens with zero attached hydrogens (tertiary/aromatic N) is 3. The summed E-state index contributed by atoms with van der Waals surface area (Å²) < 4.78 is 4.20. The molecule has 2 aromatic rings. The smallest absolute Gasteiger partial charge is 0.271 e. The molecule has 0 spiro atoms. The summed E-state index contributed by atoms with van der Waals surface area (Å²) in [5.74, 6) is 0.328. The lowest BCUT2D eigenvalue weighted by molar-refractivity contribution is 0.0996. The standard InChI is InChI=1S/C15H21N7OS/c1-8-6-12(24-22-8)21-15-13(14(17)23)18-7-11(20-15)19-10-4-2-9(16)3-5-10/h6-7,9-10H,2-5,16H2,1H3,(H2,17,23)(H2,19,20,21). The van der Waals surface area contributed by atoms with E-state index in [4.69, 9.17) is 11.5 Å². The number of hydrogen-bond acceptors (Lipinski definition) is 8. The Balaban J connectivity index is 1.78. The summed E-state index contributed by atoms with van der Waals surface area (Å²) in [5, 5.41) is 7.23. The second-order valence-electron chi connectivity index (χ2n) is 6.03. The Morgan fingerprint density at radius 1 is 1.33 bits per heavy atom. The maximum absolute atomic E-state index is 11.6. The van der Waals surface area contributed by atoms with Crippen LogP contribution in [0.4, 0.5) is 16.6 Å². The van der Waals surface area contributed by atoms with E-state index in [0.29, 0.717) is 17.7 Å². The van der Waals surface area contributed by atoms with Crippen LogP contribution in [0.25, 0.3) is 0 Å². The van der Waals surface area contributed by atoms with Gasteiger partial charge in [0.1, 0.15) is 10.8 Å². The fourth-order valence-electron chi connectivity index (χ4n) is 2.74. The number of anilines is 3. The van der Waals surface area contributed by atoms with Crippen molar-refractivity contribution in [3.8, 4) is 0 Å². The van der Waals surface area contributed by atoms with Gasteiger partial charge in [0.05, 0.1) is 11.9 Å². The molecule has 0 saturated heterocycles. The fraction of sp³-hybridized carbons (Fsp3) is 0.467. The largest absolute Gasteiger partial charge is 0.366 e. The van der Waals surface area contributed by atoms with Crippen LogP contribution in [-0.4, -0.2) is 32.3 Å². The van der Waals surface area contributed by atoms with Crippen molar-refractivity contribution in [2.24, 2.45) is 11.5 Å². The number of aryl methyl sites for hydroxylation is 1. The fourth-order valence-corrected chi connectivity index (χ4v) is 3.40. The topological polar surface area (TPSA) is 132 Å². The molecule has 1 aliphatic rings. The molecule has 0 atom stereocenters. The number of nitrogens with two attached hydrogens (primary N) is 2. The van der Waals surface area contributed by atoms with E-state index in [-0.39, 0.29) is 11.7 Å². The minimum atomic E-state index is -0.624. The Morgan fingerprint density at radius 2 is 2.08 bits per heavy atom. The van der Waals surface area contributed by atoms with E-state index >= 15 is 0 Å². The molecule has 0 aliphatic heterocycles. The third kappa shape index (κ3) is 3.98. The molecule has 1 amide bonds. The van der Waals surface area contributed by atoms with Crippen molar-refractivity contribution in [2.75, 3.05) is 10.6 Å². The second-order valence-corrected chi connectivity index (χ2v) is 6.84. The first-order valence-corrected chi connectivity index (χ1v) is 8.68. The Kier molecular flexibility index (Phi) is 4.91. The van der Waals surface area contributed by atoms with Crippen molar-refractivity contribution in [2.45, 2.75) is 44.7 Å². The molecular formula is C15H21N7OS. The van der Waals surface area contributed by atoms with Crippen LogP contribution in [0.3, 0.4) is 0 Å². The molecule has 1 fully saturated rings. The Bertz CT molecular complexity index is 724. The maximum Gasteiger partial charge on any atom is 0.271 e. The molecule has 9 heteroatoms. The van der Waals surface area contributed by atoms with Gasteiger partial charge in [-0.3, -0.25) is 4.79 Å². The second kappa shape index (κ2) is 7.10. The minimum Gasteiger partial charge on any atom is -0.366 e. The highest BCUT2D eigenvalue weighted by atomic mass is 32.1. The predicted molar refractivity (Wildman–Crippen MR) is 94.5 cm³/mol. The predicted octanol–water partition coefficient (Wildman–Crippen LogP) is 1.77. The number of aromatic nitrogens is 3. The van der Waals surface area contributed by atoms with Crippen molar-refractivity contribution in [1.82, 2.24) is 14.3 Å². The van der Waals surface area contributed by atoms with Crippen LogP contribution in [0.1, 0.15) is 41.9 Å². The van der Waals surface area contributed by atoms with Crippen LogP contribution in [0.5, 0.6) is 0 Å². The molecule has 1 saturated carbocycles. The van der Waals surface area contributed by atoms with Crippen LogP contribution < -0.4 is 22.1 Å². The number of carbonyl (C=O) groups excluding carboxylic acids is 1. The normalized spacial score (nSPS) is 20.6. The molecule has 1 aliphatic carbocycles. The molecule has 0 radical (unpaired) electrons. The van der Waals surface area contributed by atoms with Gasteiger partial charge in [-0.15, -0.1) is 0 Å². The first kappa shape index (κ1) is 16.6. The number of nitrogens with one attached hydrogen (secondary N) is 2. The summed E-state index contributed by atoms with van der Waals surface area (Å²) in [5.41, 5.74) is 12.3. The van der Waals surface area contributed by atoms with E-state index in [1.807, 2.05) is 13.0 Å². The lowest BCUT2D eigenvalue weighted by atomic mass is 9.92. The van der Waals surface area contributed by atoms with Gasteiger partial charge in [-0.25, -0.2) is 9.97 Å². The van der Waals surface area contributed by atoms with Gasteiger partial charge >= 0.3 is 0 Å². The van der Waals surface area contributed by atoms with Gasteiger partial charge < -0.3 is 22.1 Å². The van der Waals surface area contributed by atoms with Gasteiger partial charge in [0.25, 0.3) is 5.91 Å². The highest BCUT2D eigenvalue weighted by molar-refractivity contribution is 7.10. The van der Waals surface area contributed by atoms with Crippen molar-refractivity contribution in [1.29, 1.82) is 0 Å². The molecule has 24 heavy (non-hydrogen) atoms. The van der Waals surface area contributed by atoms with E-state index < -0.39 is 5.91 Å². The van der Waals surface area contributed by atoms with Gasteiger partial charge in [-0.1, -0.05) is 0 Å². The average Bonchev–Trinajstić information content (AvgIpc) is 2.94. The Morgan fingerprint density at radius 3 is 2.71 bits per heavy atom. The van der Waals surface area contributed by atoms with Gasteiger partial charge in [0.2, 0.25) is 0 Å². The quantitative estimate of drug-likeness (QED) is 0.648. The SMILES string of the molecule is Cc1cc(Nc2nc(NC3CCC(N)CC3)cnc2C(N)=O)sn1. The maximum atomic E-state index is 11.6. The van der Waals surface area contributed by atoms with Crippen LogP contribution in [0.2, 0.25) is 0 Å². The Hall–Kier alpha value is -2.26. The summed E-state index contributed by atoms with van der Waals surface area (Å²) in [6.45, 7) is 1.90. The summed E-state index contributed by atoms with van der Waals surface area (Å²) in [6.07, 6.45) is 5.53. The van der Waals surface area contributed by atoms with Crippen molar-refractivity contribution < 1.29 is 4.79 Å². The lowest BCUT2D eigenvalue weighted by Crippen LogP contribution is -2.33. The minimum absolute atomic E-state index is 0.109. The van der Waals surface area contributed by atoms with E-state index in [2.05, 4.69) is 25.0 Å². The average molecular weight is 347 g/mol. The summed E-state index contributed by atoms with van der Waals surface area (Å²) in [6, 6.07) is 2.48.